The largest absolute Gasteiger partial charge is 0.379 e. The quantitative estimate of drug-likeness (QED) is 0.723. The third-order valence-corrected chi connectivity index (χ3v) is 5.19. The Balaban J connectivity index is 1.88. The number of hydrogen-bond donors (Lipinski definition) is 0. The summed E-state index contributed by atoms with van der Waals surface area (Å²) >= 11 is -0.486. The molecule has 0 bridgehead atoms. The highest BCUT2D eigenvalue weighted by Crippen LogP contribution is 2.23. The van der Waals surface area contributed by atoms with Crippen molar-refractivity contribution in [2.45, 2.75) is 20.8 Å². The molecule has 2 fully saturated rings. The molecule has 2 saturated heterocycles. The first kappa shape index (κ1) is 16.0. The highest BCUT2D eigenvalue weighted by Gasteiger charge is 2.28. The Hall–Kier alpha value is -0.830. The molecular formula is C14H25N5O2S. The summed E-state index contributed by atoms with van der Waals surface area (Å²) in [7, 11) is 0. The minimum Gasteiger partial charge on any atom is -0.379 e. The molecular weight excluding hydrogens is 302 g/mol. The van der Waals surface area contributed by atoms with E-state index in [1.807, 2.05) is 0 Å². The second kappa shape index (κ2) is 6.74. The molecule has 0 aromatic rings. The number of nitrogens with zero attached hydrogens (tertiary/aromatic N) is 5. The van der Waals surface area contributed by atoms with Gasteiger partial charge in [-0.1, -0.05) is 20.8 Å². The van der Waals surface area contributed by atoms with Crippen molar-refractivity contribution in [1.82, 2.24) is 9.21 Å². The van der Waals surface area contributed by atoms with Crippen LogP contribution in [0, 0.1) is 5.41 Å². The Morgan fingerprint density at radius 3 is 2.14 bits per heavy atom. The van der Waals surface area contributed by atoms with Crippen molar-refractivity contribution in [3.63, 3.8) is 0 Å². The van der Waals surface area contributed by atoms with Crippen molar-refractivity contribution in [2.24, 2.45) is 19.2 Å². The van der Waals surface area contributed by atoms with Gasteiger partial charge < -0.3 is 14.4 Å². The van der Waals surface area contributed by atoms with Crippen LogP contribution >= 0.6 is 0 Å². The molecule has 3 heterocycles. The lowest BCUT2D eigenvalue weighted by Gasteiger charge is -2.33. The second-order valence-corrected chi connectivity index (χ2v) is 7.93. The minimum absolute atomic E-state index is 0.0784. The van der Waals surface area contributed by atoms with Crippen molar-refractivity contribution in [1.29, 1.82) is 0 Å². The van der Waals surface area contributed by atoms with E-state index in [0.29, 0.717) is 0 Å². The van der Waals surface area contributed by atoms with Gasteiger partial charge in [-0.3, -0.25) is 0 Å². The van der Waals surface area contributed by atoms with Crippen molar-refractivity contribution in [3.05, 3.63) is 0 Å². The molecule has 0 amide bonds. The van der Waals surface area contributed by atoms with Gasteiger partial charge in [-0.15, -0.1) is 0 Å². The Labute approximate surface area is 134 Å². The fourth-order valence-corrected chi connectivity index (χ4v) is 3.85. The van der Waals surface area contributed by atoms with Crippen LogP contribution in [0.4, 0.5) is 0 Å². The average molecular weight is 327 g/mol. The van der Waals surface area contributed by atoms with E-state index < -0.39 is 11.1 Å². The van der Waals surface area contributed by atoms with Crippen molar-refractivity contribution < 1.29 is 9.47 Å². The number of amidine groups is 1. The van der Waals surface area contributed by atoms with E-state index in [4.69, 9.17) is 23.2 Å². The summed E-state index contributed by atoms with van der Waals surface area (Å²) in [5, 5.41) is 0. The van der Waals surface area contributed by atoms with Gasteiger partial charge in [0.25, 0.3) is 0 Å². The predicted octanol–water partition coefficient (Wildman–Crippen LogP) is 1.10. The number of hydrogen-bond acceptors (Lipinski definition) is 7. The summed E-state index contributed by atoms with van der Waals surface area (Å²) in [6.07, 6.45) is 0. The van der Waals surface area contributed by atoms with Crippen LogP contribution in [0.15, 0.2) is 13.8 Å². The first-order chi connectivity index (χ1) is 10.5. The standard InChI is InChI=1S/C14H25N5O2S/c1-14(2,3)12-15-13(18-4-8-20-9-5-18)17-22(16-12)19-6-10-21-11-7-19/h4-11H2,1-3H3. The van der Waals surface area contributed by atoms with E-state index in [1.54, 1.807) is 0 Å². The second-order valence-electron chi connectivity index (χ2n) is 6.55. The molecule has 3 aliphatic rings. The van der Waals surface area contributed by atoms with Gasteiger partial charge in [0.15, 0.2) is 0 Å². The number of ether oxygens (including phenoxy) is 2. The Morgan fingerprint density at radius 2 is 1.55 bits per heavy atom. The van der Waals surface area contributed by atoms with Crippen LogP contribution in [0.25, 0.3) is 0 Å². The maximum Gasteiger partial charge on any atom is 0.236 e. The topological polar surface area (TPSA) is 62.0 Å². The van der Waals surface area contributed by atoms with Crippen molar-refractivity contribution in [3.8, 4) is 0 Å². The number of rotatable bonds is 1. The molecule has 1 atom stereocenters. The lowest BCUT2D eigenvalue weighted by Crippen LogP contribution is -2.44. The van der Waals surface area contributed by atoms with Crippen LogP contribution < -0.4 is 0 Å². The SMILES string of the molecule is CC(C)(C)C1=NS(N2CCOCC2)=NC(N2CCOCC2)=N1. The first-order valence-corrected chi connectivity index (χ1v) is 8.93. The highest BCUT2D eigenvalue weighted by molar-refractivity contribution is 7.84. The van der Waals surface area contributed by atoms with E-state index in [-0.39, 0.29) is 5.41 Å². The molecule has 0 N–H and O–H groups in total. The van der Waals surface area contributed by atoms with Gasteiger partial charge in [-0.05, 0) is 0 Å². The Morgan fingerprint density at radius 1 is 0.955 bits per heavy atom. The van der Waals surface area contributed by atoms with Crippen LogP contribution in [0.5, 0.6) is 0 Å². The molecule has 0 aromatic heterocycles. The lowest BCUT2D eigenvalue weighted by atomic mass is 9.95. The van der Waals surface area contributed by atoms with Crippen LogP contribution in [0.3, 0.4) is 0 Å². The molecule has 0 aromatic carbocycles. The fourth-order valence-electron chi connectivity index (χ4n) is 2.33. The summed E-state index contributed by atoms with van der Waals surface area (Å²) in [6.45, 7) is 12.9. The van der Waals surface area contributed by atoms with Crippen LogP contribution in [-0.4, -0.2) is 73.6 Å². The molecule has 124 valence electrons. The Bertz CT molecular complexity index is 481. The zero-order valence-electron chi connectivity index (χ0n) is 13.6. The van der Waals surface area contributed by atoms with Gasteiger partial charge in [0.05, 0.1) is 26.4 Å². The molecule has 22 heavy (non-hydrogen) atoms. The normalized spacial score (nSPS) is 28.0. The summed E-state index contributed by atoms with van der Waals surface area (Å²) < 4.78 is 22.8. The molecule has 3 aliphatic heterocycles. The van der Waals surface area contributed by atoms with Crippen molar-refractivity contribution in [2.75, 3.05) is 52.6 Å². The maximum atomic E-state index is 5.44. The first-order valence-electron chi connectivity index (χ1n) is 7.84. The maximum absolute atomic E-state index is 5.44. The van der Waals surface area contributed by atoms with Gasteiger partial charge in [0.2, 0.25) is 5.96 Å². The zero-order chi connectivity index (χ0) is 15.6. The van der Waals surface area contributed by atoms with E-state index in [2.05, 4.69) is 30.0 Å². The van der Waals surface area contributed by atoms with Crippen LogP contribution in [-0.2, 0) is 20.5 Å². The molecule has 0 saturated carbocycles. The molecule has 0 radical (unpaired) electrons. The van der Waals surface area contributed by atoms with Gasteiger partial charge in [-0.25, -0.2) is 4.31 Å². The third kappa shape index (κ3) is 3.73. The van der Waals surface area contributed by atoms with Gasteiger partial charge in [-0.2, -0.15) is 13.8 Å². The fraction of sp³-hybridized carbons (Fsp3) is 0.857. The van der Waals surface area contributed by atoms with Crippen LogP contribution in [0.2, 0.25) is 0 Å². The van der Waals surface area contributed by atoms with Crippen LogP contribution in [0.1, 0.15) is 20.8 Å². The highest BCUT2D eigenvalue weighted by atomic mass is 32.2. The molecule has 0 aliphatic carbocycles. The van der Waals surface area contributed by atoms with Crippen molar-refractivity contribution >= 4 is 22.9 Å². The summed E-state index contributed by atoms with van der Waals surface area (Å²) in [4.78, 5) is 6.95. The third-order valence-electron chi connectivity index (χ3n) is 3.70. The molecule has 3 rings (SSSR count). The summed E-state index contributed by atoms with van der Waals surface area (Å²) in [6, 6.07) is 0. The zero-order valence-corrected chi connectivity index (χ0v) is 14.4. The molecule has 7 nitrogen and oxygen atoms in total. The van der Waals surface area contributed by atoms with E-state index in [9.17, 15) is 0 Å². The summed E-state index contributed by atoms with van der Waals surface area (Å²) in [5.74, 6) is 1.71. The van der Waals surface area contributed by atoms with Gasteiger partial charge >= 0.3 is 0 Å². The molecule has 1 unspecified atom stereocenters. The average Bonchev–Trinajstić information content (AvgIpc) is 2.55. The van der Waals surface area contributed by atoms with E-state index >= 15 is 0 Å². The number of guanidine groups is 1. The molecule has 8 heteroatoms. The predicted molar refractivity (Wildman–Crippen MR) is 88.9 cm³/mol. The van der Waals surface area contributed by atoms with Gasteiger partial charge in [0.1, 0.15) is 16.9 Å². The van der Waals surface area contributed by atoms with E-state index in [0.717, 1.165) is 64.4 Å². The summed E-state index contributed by atoms with van der Waals surface area (Å²) in [5.41, 5.74) is -0.0784. The minimum atomic E-state index is -0.486. The number of morpholine rings is 2. The van der Waals surface area contributed by atoms with Gasteiger partial charge in [0, 0.05) is 31.6 Å². The van der Waals surface area contributed by atoms with E-state index in [1.165, 1.54) is 0 Å². The Kier molecular flexibility index (Phi) is 4.91. The smallest absolute Gasteiger partial charge is 0.236 e. The molecule has 0 spiro atoms. The monoisotopic (exact) mass is 327 g/mol. The lowest BCUT2D eigenvalue weighted by molar-refractivity contribution is 0.0675. The number of aliphatic imine (C=N–C) groups is 1.